The predicted octanol–water partition coefficient (Wildman–Crippen LogP) is 5.92. The van der Waals surface area contributed by atoms with Crippen LogP contribution in [0.2, 0.25) is 0 Å². The average molecular weight is 397 g/mol. The van der Waals surface area contributed by atoms with Gasteiger partial charge in [-0.2, -0.15) is 0 Å². The van der Waals surface area contributed by atoms with Crippen molar-refractivity contribution in [3.8, 4) is 0 Å². The van der Waals surface area contributed by atoms with Gasteiger partial charge < -0.3 is 9.64 Å². The lowest BCUT2D eigenvalue weighted by atomic mass is 9.75. The molecule has 0 N–H and O–H groups in total. The van der Waals surface area contributed by atoms with Crippen molar-refractivity contribution < 1.29 is 4.74 Å². The predicted molar refractivity (Wildman–Crippen MR) is 124 cm³/mol. The van der Waals surface area contributed by atoms with E-state index in [4.69, 9.17) is 9.73 Å². The van der Waals surface area contributed by atoms with Crippen molar-refractivity contribution in [2.45, 2.75) is 31.3 Å². The molecule has 1 saturated heterocycles. The van der Waals surface area contributed by atoms with Gasteiger partial charge in [-0.25, -0.2) is 0 Å². The molecule has 1 spiro atoms. The SMILES string of the molecule is c1ccc(COCCCC2=Nc3ccccc3C23CCN(c2ccccc2)C3)cc1. The van der Waals surface area contributed by atoms with Crippen molar-refractivity contribution in [1.82, 2.24) is 0 Å². The Morgan fingerprint density at radius 1 is 0.867 bits per heavy atom. The van der Waals surface area contributed by atoms with Gasteiger partial charge in [-0.05, 0) is 48.6 Å². The number of para-hydroxylation sites is 2. The van der Waals surface area contributed by atoms with Crippen LogP contribution >= 0.6 is 0 Å². The molecule has 0 bridgehead atoms. The number of benzene rings is 3. The third-order valence-electron chi connectivity index (χ3n) is 6.43. The normalized spacial score (nSPS) is 19.9. The Bertz CT molecular complexity index is 1020. The molecule has 0 amide bonds. The van der Waals surface area contributed by atoms with Gasteiger partial charge >= 0.3 is 0 Å². The Balaban J connectivity index is 1.27. The maximum Gasteiger partial charge on any atom is 0.0716 e. The molecule has 3 heteroatoms. The molecule has 1 fully saturated rings. The number of anilines is 1. The summed E-state index contributed by atoms with van der Waals surface area (Å²) in [5.74, 6) is 0. The largest absolute Gasteiger partial charge is 0.377 e. The fourth-order valence-corrected chi connectivity index (χ4v) is 4.91. The minimum Gasteiger partial charge on any atom is -0.377 e. The van der Waals surface area contributed by atoms with Crippen LogP contribution in [0.5, 0.6) is 0 Å². The van der Waals surface area contributed by atoms with Gasteiger partial charge in [0.2, 0.25) is 0 Å². The molecule has 3 aromatic rings. The quantitative estimate of drug-likeness (QED) is 0.463. The molecular weight excluding hydrogens is 368 g/mol. The van der Waals surface area contributed by atoms with Crippen molar-refractivity contribution >= 4 is 17.1 Å². The Kier molecular flexibility index (Phi) is 5.37. The second kappa shape index (κ2) is 8.45. The third-order valence-corrected chi connectivity index (χ3v) is 6.43. The number of hydrogen-bond acceptors (Lipinski definition) is 3. The smallest absolute Gasteiger partial charge is 0.0716 e. The molecule has 0 radical (unpaired) electrons. The van der Waals surface area contributed by atoms with Gasteiger partial charge in [0.1, 0.15) is 0 Å². The van der Waals surface area contributed by atoms with Gasteiger partial charge in [-0.1, -0.05) is 66.7 Å². The molecule has 2 heterocycles. The number of hydrogen-bond donors (Lipinski definition) is 0. The summed E-state index contributed by atoms with van der Waals surface area (Å²) in [6.45, 7) is 3.53. The summed E-state index contributed by atoms with van der Waals surface area (Å²) in [5.41, 5.74) is 6.49. The maximum absolute atomic E-state index is 5.93. The van der Waals surface area contributed by atoms with E-state index < -0.39 is 0 Å². The van der Waals surface area contributed by atoms with Crippen molar-refractivity contribution in [1.29, 1.82) is 0 Å². The molecule has 2 aliphatic rings. The highest BCUT2D eigenvalue weighted by atomic mass is 16.5. The zero-order chi connectivity index (χ0) is 20.2. The van der Waals surface area contributed by atoms with E-state index in [9.17, 15) is 0 Å². The molecule has 2 aliphatic heterocycles. The van der Waals surface area contributed by atoms with Crippen molar-refractivity contribution in [3.05, 3.63) is 96.1 Å². The molecular formula is C27H28N2O. The zero-order valence-corrected chi connectivity index (χ0v) is 17.3. The summed E-state index contributed by atoms with van der Waals surface area (Å²) < 4.78 is 5.93. The van der Waals surface area contributed by atoms with Gasteiger partial charge in [0.15, 0.2) is 0 Å². The summed E-state index contributed by atoms with van der Waals surface area (Å²) in [6, 6.07) is 29.9. The highest BCUT2D eigenvalue weighted by Crippen LogP contribution is 2.47. The van der Waals surface area contributed by atoms with E-state index >= 15 is 0 Å². The second-order valence-electron chi connectivity index (χ2n) is 8.31. The van der Waals surface area contributed by atoms with Gasteiger partial charge in [-0.15, -0.1) is 0 Å². The number of rotatable bonds is 7. The first-order chi connectivity index (χ1) is 14.9. The molecule has 30 heavy (non-hydrogen) atoms. The first kappa shape index (κ1) is 19.1. The average Bonchev–Trinajstić information content (AvgIpc) is 3.38. The molecule has 5 rings (SSSR count). The Morgan fingerprint density at radius 2 is 1.60 bits per heavy atom. The van der Waals surface area contributed by atoms with Crippen LogP contribution in [-0.2, 0) is 16.8 Å². The van der Waals surface area contributed by atoms with Crippen molar-refractivity contribution in [2.75, 3.05) is 24.6 Å². The fraction of sp³-hybridized carbons (Fsp3) is 0.296. The van der Waals surface area contributed by atoms with E-state index in [2.05, 4.69) is 83.8 Å². The van der Waals surface area contributed by atoms with Crippen LogP contribution in [0, 0.1) is 0 Å². The summed E-state index contributed by atoms with van der Waals surface area (Å²) >= 11 is 0. The zero-order valence-electron chi connectivity index (χ0n) is 17.3. The summed E-state index contributed by atoms with van der Waals surface area (Å²) in [4.78, 5) is 7.62. The van der Waals surface area contributed by atoms with E-state index in [1.54, 1.807) is 0 Å². The standard InChI is InChI=1S/C27H28N2O/c1-3-10-22(11-4-1)20-30-19-9-16-26-27(24-14-7-8-15-25(24)28-26)17-18-29(21-27)23-12-5-2-6-13-23/h1-8,10-15H,9,16-21H2. The Morgan fingerprint density at radius 3 is 2.43 bits per heavy atom. The van der Waals surface area contributed by atoms with Crippen LogP contribution < -0.4 is 4.90 Å². The van der Waals surface area contributed by atoms with Crippen LogP contribution in [0.4, 0.5) is 11.4 Å². The lowest BCUT2D eigenvalue weighted by Gasteiger charge is -2.28. The lowest BCUT2D eigenvalue weighted by molar-refractivity contribution is 0.119. The lowest BCUT2D eigenvalue weighted by Crippen LogP contribution is -2.37. The maximum atomic E-state index is 5.93. The van der Waals surface area contributed by atoms with Crippen molar-refractivity contribution in [3.63, 3.8) is 0 Å². The van der Waals surface area contributed by atoms with Gasteiger partial charge in [0, 0.05) is 31.1 Å². The topological polar surface area (TPSA) is 24.8 Å². The molecule has 0 aromatic heterocycles. The van der Waals surface area contributed by atoms with Crippen LogP contribution in [0.15, 0.2) is 89.9 Å². The van der Waals surface area contributed by atoms with E-state index in [1.165, 1.54) is 22.5 Å². The molecule has 1 atom stereocenters. The molecule has 3 nitrogen and oxygen atoms in total. The first-order valence-electron chi connectivity index (χ1n) is 10.9. The highest BCUT2D eigenvalue weighted by molar-refractivity contribution is 6.03. The van der Waals surface area contributed by atoms with Gasteiger partial charge in [-0.3, -0.25) is 4.99 Å². The number of ether oxygens (including phenoxy) is 1. The number of aliphatic imine (C=N–C) groups is 1. The minimum atomic E-state index is 0.0475. The second-order valence-corrected chi connectivity index (χ2v) is 8.31. The third kappa shape index (κ3) is 3.66. The van der Waals surface area contributed by atoms with Gasteiger partial charge in [0.25, 0.3) is 0 Å². The van der Waals surface area contributed by atoms with Crippen LogP contribution in [-0.4, -0.2) is 25.4 Å². The van der Waals surface area contributed by atoms with Gasteiger partial charge in [0.05, 0.1) is 17.7 Å². The summed E-state index contributed by atoms with van der Waals surface area (Å²) in [5, 5.41) is 0. The highest BCUT2D eigenvalue weighted by Gasteiger charge is 2.47. The molecule has 0 aliphatic carbocycles. The fourth-order valence-electron chi connectivity index (χ4n) is 4.91. The van der Waals surface area contributed by atoms with E-state index in [1.807, 2.05) is 6.07 Å². The monoisotopic (exact) mass is 396 g/mol. The Hall–Kier alpha value is -2.91. The number of nitrogens with zero attached hydrogens (tertiary/aromatic N) is 2. The van der Waals surface area contributed by atoms with Crippen LogP contribution in [0.25, 0.3) is 0 Å². The Labute approximate surface area is 179 Å². The number of fused-ring (bicyclic) bond motifs is 2. The molecule has 3 aromatic carbocycles. The van der Waals surface area contributed by atoms with E-state index in [0.717, 1.165) is 44.6 Å². The summed E-state index contributed by atoms with van der Waals surface area (Å²) in [7, 11) is 0. The minimum absolute atomic E-state index is 0.0475. The molecule has 0 saturated carbocycles. The first-order valence-corrected chi connectivity index (χ1v) is 10.9. The van der Waals surface area contributed by atoms with Crippen molar-refractivity contribution in [2.24, 2.45) is 4.99 Å². The van der Waals surface area contributed by atoms with E-state index in [-0.39, 0.29) is 5.41 Å². The summed E-state index contributed by atoms with van der Waals surface area (Å²) in [6.07, 6.45) is 3.13. The molecule has 152 valence electrons. The molecule has 1 unspecified atom stereocenters. The van der Waals surface area contributed by atoms with E-state index in [0.29, 0.717) is 6.61 Å². The van der Waals surface area contributed by atoms with Crippen LogP contribution in [0.3, 0.4) is 0 Å². The van der Waals surface area contributed by atoms with Crippen LogP contribution in [0.1, 0.15) is 30.4 Å².